The number of fused-ring (bicyclic) bond motifs is 1. The molecule has 1 aromatic heterocycles. The molecule has 156 valence electrons. The maximum absolute atomic E-state index is 12.6. The molecule has 8 heteroatoms. The number of aliphatic imine (C=N–C) groups is 1. The molecule has 0 spiro atoms. The summed E-state index contributed by atoms with van der Waals surface area (Å²) in [5.41, 5.74) is 7.19. The second-order valence-corrected chi connectivity index (χ2v) is 6.81. The van der Waals surface area contributed by atoms with Crippen LogP contribution in [0.15, 0.2) is 71.7 Å². The third kappa shape index (κ3) is 4.10. The zero-order valence-electron chi connectivity index (χ0n) is 17.1. The molecule has 4 rings (SSSR count). The van der Waals surface area contributed by atoms with Gasteiger partial charge in [-0.25, -0.2) is 5.84 Å². The number of H-pyrrole nitrogens is 1. The normalized spacial score (nSPS) is 11.4. The van der Waals surface area contributed by atoms with Crippen molar-refractivity contribution in [3.63, 3.8) is 0 Å². The Bertz CT molecular complexity index is 1260. The van der Waals surface area contributed by atoms with Crippen molar-refractivity contribution in [1.82, 2.24) is 15.6 Å². The molecular formula is C23H22N6O2. The molecule has 0 radical (unpaired) electrons. The lowest BCUT2D eigenvalue weighted by Gasteiger charge is -2.08. The van der Waals surface area contributed by atoms with E-state index in [0.717, 1.165) is 27.7 Å². The monoisotopic (exact) mass is 414 g/mol. The number of anilines is 1. The van der Waals surface area contributed by atoms with Crippen LogP contribution in [-0.4, -0.2) is 36.1 Å². The Hall–Kier alpha value is -4.17. The lowest BCUT2D eigenvalue weighted by Crippen LogP contribution is -2.30. The van der Waals surface area contributed by atoms with E-state index in [2.05, 4.69) is 25.9 Å². The number of nitrogens with two attached hydrogens (primary N) is 1. The van der Waals surface area contributed by atoms with E-state index in [9.17, 15) is 4.79 Å². The molecule has 3 aromatic carbocycles. The summed E-state index contributed by atoms with van der Waals surface area (Å²) in [5, 5.41) is 11.4. The Labute approximate surface area is 179 Å². The van der Waals surface area contributed by atoms with Crippen LogP contribution in [0.4, 0.5) is 5.69 Å². The van der Waals surface area contributed by atoms with Gasteiger partial charge < -0.3 is 15.5 Å². The number of hydrazine groups is 1. The zero-order chi connectivity index (χ0) is 21.8. The van der Waals surface area contributed by atoms with Crippen molar-refractivity contribution in [1.29, 1.82) is 0 Å². The van der Waals surface area contributed by atoms with Crippen molar-refractivity contribution < 1.29 is 9.53 Å². The fraction of sp³-hybridized carbons (Fsp3) is 0.0870. The number of carbonyl (C=O) groups is 1. The van der Waals surface area contributed by atoms with E-state index < -0.39 is 0 Å². The number of amidine groups is 1. The summed E-state index contributed by atoms with van der Waals surface area (Å²) in [6.45, 7) is 0. The van der Waals surface area contributed by atoms with Gasteiger partial charge in [-0.1, -0.05) is 12.1 Å². The molecule has 0 bridgehead atoms. The van der Waals surface area contributed by atoms with Crippen LogP contribution in [0, 0.1) is 0 Å². The van der Waals surface area contributed by atoms with Crippen LogP contribution in [0.3, 0.4) is 0 Å². The summed E-state index contributed by atoms with van der Waals surface area (Å²) in [5.74, 6) is 6.64. The number of aromatic nitrogens is 2. The Morgan fingerprint density at radius 2 is 1.84 bits per heavy atom. The van der Waals surface area contributed by atoms with Gasteiger partial charge >= 0.3 is 0 Å². The Morgan fingerprint density at radius 3 is 2.55 bits per heavy atom. The number of nitrogens with zero attached hydrogens (tertiary/aromatic N) is 2. The van der Waals surface area contributed by atoms with E-state index in [1.165, 1.54) is 0 Å². The quantitative estimate of drug-likeness (QED) is 0.173. The molecule has 4 aromatic rings. The second-order valence-electron chi connectivity index (χ2n) is 6.81. The SMILES string of the molecule is CN=C(NN)c1ccc2[nH]nc(-c3cccc(NC(=O)c4ccc(OC)cc4)c3)c2c1. The summed E-state index contributed by atoms with van der Waals surface area (Å²) < 4.78 is 5.14. The highest BCUT2D eigenvalue weighted by molar-refractivity contribution is 6.06. The van der Waals surface area contributed by atoms with Crippen molar-refractivity contribution in [2.75, 3.05) is 19.5 Å². The van der Waals surface area contributed by atoms with E-state index in [1.54, 1.807) is 38.4 Å². The number of ether oxygens (including phenoxy) is 1. The van der Waals surface area contributed by atoms with Crippen molar-refractivity contribution >= 4 is 28.3 Å². The van der Waals surface area contributed by atoms with Crippen LogP contribution in [0.1, 0.15) is 15.9 Å². The molecule has 0 aliphatic rings. The number of methoxy groups -OCH3 is 1. The number of hydrogen-bond donors (Lipinski definition) is 4. The summed E-state index contributed by atoms with van der Waals surface area (Å²) in [4.78, 5) is 16.8. The summed E-state index contributed by atoms with van der Waals surface area (Å²) in [6.07, 6.45) is 0. The average Bonchev–Trinajstić information content (AvgIpc) is 3.23. The van der Waals surface area contributed by atoms with Gasteiger partial charge in [-0.15, -0.1) is 0 Å². The van der Waals surface area contributed by atoms with E-state index in [4.69, 9.17) is 10.6 Å². The summed E-state index contributed by atoms with van der Waals surface area (Å²) >= 11 is 0. The Kier molecular flexibility index (Phi) is 5.63. The maximum Gasteiger partial charge on any atom is 0.255 e. The molecule has 0 unspecified atom stereocenters. The minimum atomic E-state index is -0.202. The zero-order valence-corrected chi connectivity index (χ0v) is 17.1. The van der Waals surface area contributed by atoms with Crippen LogP contribution in [0.5, 0.6) is 5.75 Å². The molecule has 0 atom stereocenters. The van der Waals surface area contributed by atoms with E-state index in [-0.39, 0.29) is 5.91 Å². The maximum atomic E-state index is 12.6. The first-order valence-corrected chi connectivity index (χ1v) is 9.60. The smallest absolute Gasteiger partial charge is 0.255 e. The van der Waals surface area contributed by atoms with Crippen molar-refractivity contribution in [2.24, 2.45) is 10.8 Å². The molecule has 1 heterocycles. The first-order chi connectivity index (χ1) is 15.1. The van der Waals surface area contributed by atoms with Gasteiger partial charge in [-0.05, 0) is 54.6 Å². The Morgan fingerprint density at radius 1 is 1.06 bits per heavy atom. The first kappa shape index (κ1) is 20.1. The molecule has 0 aliphatic carbocycles. The highest BCUT2D eigenvalue weighted by Crippen LogP contribution is 2.29. The predicted molar refractivity (Wildman–Crippen MR) is 122 cm³/mol. The van der Waals surface area contributed by atoms with E-state index >= 15 is 0 Å². The van der Waals surface area contributed by atoms with Crippen LogP contribution >= 0.6 is 0 Å². The number of aromatic amines is 1. The third-order valence-corrected chi connectivity index (χ3v) is 4.94. The van der Waals surface area contributed by atoms with Crippen molar-refractivity contribution in [3.05, 3.63) is 77.9 Å². The molecule has 5 N–H and O–H groups in total. The standard InChI is InChI=1S/C23H22N6O2/c1-25-22(27-24)16-8-11-20-19(13-16)21(29-28-20)15-4-3-5-17(12-15)26-23(30)14-6-9-18(31-2)10-7-14/h3-13H,24H2,1-2H3,(H,25,27)(H,26,30)(H,28,29). The molecule has 8 nitrogen and oxygen atoms in total. The van der Waals surface area contributed by atoms with E-state index in [1.807, 2.05) is 42.5 Å². The highest BCUT2D eigenvalue weighted by atomic mass is 16.5. The van der Waals surface area contributed by atoms with E-state index in [0.29, 0.717) is 22.8 Å². The summed E-state index contributed by atoms with van der Waals surface area (Å²) in [7, 11) is 3.26. The van der Waals surface area contributed by atoms with Crippen LogP contribution in [-0.2, 0) is 0 Å². The number of amides is 1. The topological polar surface area (TPSA) is 117 Å². The van der Waals surface area contributed by atoms with Gasteiger partial charge in [-0.3, -0.25) is 14.9 Å². The molecule has 1 amide bonds. The van der Waals surface area contributed by atoms with Gasteiger partial charge in [0.25, 0.3) is 5.91 Å². The van der Waals surface area contributed by atoms with Crippen LogP contribution < -0.4 is 21.3 Å². The lowest BCUT2D eigenvalue weighted by atomic mass is 10.0. The number of carbonyl (C=O) groups excluding carboxylic acids is 1. The lowest BCUT2D eigenvalue weighted by molar-refractivity contribution is 0.102. The van der Waals surface area contributed by atoms with Crippen LogP contribution in [0.2, 0.25) is 0 Å². The number of benzene rings is 3. The molecule has 31 heavy (non-hydrogen) atoms. The van der Waals surface area contributed by atoms with Gasteiger partial charge in [-0.2, -0.15) is 5.10 Å². The minimum Gasteiger partial charge on any atom is -0.497 e. The van der Waals surface area contributed by atoms with Crippen LogP contribution in [0.25, 0.3) is 22.2 Å². The minimum absolute atomic E-state index is 0.202. The largest absolute Gasteiger partial charge is 0.497 e. The summed E-state index contributed by atoms with van der Waals surface area (Å²) in [6, 6.07) is 20.3. The number of nitrogens with one attached hydrogen (secondary N) is 3. The van der Waals surface area contributed by atoms with Crippen molar-refractivity contribution in [3.8, 4) is 17.0 Å². The average molecular weight is 414 g/mol. The highest BCUT2D eigenvalue weighted by Gasteiger charge is 2.12. The third-order valence-electron chi connectivity index (χ3n) is 4.94. The molecule has 0 saturated heterocycles. The fourth-order valence-corrected chi connectivity index (χ4v) is 3.35. The van der Waals surface area contributed by atoms with Gasteiger partial charge in [0.05, 0.1) is 18.3 Å². The first-order valence-electron chi connectivity index (χ1n) is 9.60. The molecule has 0 fully saturated rings. The Balaban J connectivity index is 1.64. The molecule has 0 aliphatic heterocycles. The number of hydrogen-bond acceptors (Lipinski definition) is 5. The molecule has 0 saturated carbocycles. The van der Waals surface area contributed by atoms with Gasteiger partial charge in [0, 0.05) is 34.8 Å². The van der Waals surface area contributed by atoms with Gasteiger partial charge in [0.15, 0.2) is 0 Å². The number of rotatable bonds is 5. The van der Waals surface area contributed by atoms with Crippen molar-refractivity contribution in [2.45, 2.75) is 0 Å². The predicted octanol–water partition coefficient (Wildman–Crippen LogP) is 3.33. The second kappa shape index (κ2) is 8.68. The molecular weight excluding hydrogens is 392 g/mol. The fourth-order valence-electron chi connectivity index (χ4n) is 3.35. The van der Waals surface area contributed by atoms with Gasteiger partial charge in [0.2, 0.25) is 0 Å². The van der Waals surface area contributed by atoms with Gasteiger partial charge in [0.1, 0.15) is 11.6 Å².